The lowest BCUT2D eigenvalue weighted by Gasteiger charge is -2.23. The van der Waals surface area contributed by atoms with Crippen molar-refractivity contribution in [2.24, 2.45) is 0 Å². The topological polar surface area (TPSA) is 52.7 Å². The van der Waals surface area contributed by atoms with Crippen LogP contribution in [0.1, 0.15) is 19.3 Å². The summed E-state index contributed by atoms with van der Waals surface area (Å²) in [4.78, 5) is 26.9. The van der Waals surface area contributed by atoms with Crippen molar-refractivity contribution in [2.45, 2.75) is 25.3 Å². The molecule has 96 valence electrons. The van der Waals surface area contributed by atoms with E-state index in [0.717, 1.165) is 32.6 Å². The molecular weight excluding hydrogens is 242 g/mol. The molecule has 6 heteroatoms. The summed E-state index contributed by atoms with van der Waals surface area (Å²) in [7, 11) is 0. The molecule has 1 atom stereocenters. The average molecular weight is 260 g/mol. The molecule has 2 aliphatic rings. The summed E-state index contributed by atoms with van der Waals surface area (Å²) in [5.74, 6) is -0.601. The molecule has 2 saturated heterocycles. The Morgan fingerprint density at radius 2 is 1.94 bits per heavy atom. The summed E-state index contributed by atoms with van der Waals surface area (Å²) in [6.07, 6.45) is 3.52. The molecule has 0 aliphatic carbocycles. The van der Waals surface area contributed by atoms with Crippen LogP contribution in [-0.2, 0) is 4.79 Å². The molecule has 2 aliphatic heterocycles. The maximum atomic E-state index is 11.7. The Labute approximate surface area is 106 Å². The number of rotatable bonds is 2. The Morgan fingerprint density at radius 3 is 2.59 bits per heavy atom. The number of imide groups is 1. The minimum atomic E-state index is -0.429. The van der Waals surface area contributed by atoms with Crippen LogP contribution < -0.4 is 5.32 Å². The highest BCUT2D eigenvalue weighted by Gasteiger charge is 2.31. The molecular formula is C11H18ClN3O2. The van der Waals surface area contributed by atoms with Gasteiger partial charge in [-0.2, -0.15) is 0 Å². The molecule has 2 fully saturated rings. The number of hydrogen-bond acceptors (Lipinski definition) is 3. The number of carbonyl (C=O) groups is 2. The Kier molecular flexibility index (Phi) is 4.23. The fourth-order valence-corrected chi connectivity index (χ4v) is 2.63. The predicted octanol–water partition coefficient (Wildman–Crippen LogP) is 0.631. The number of carbonyl (C=O) groups excluding carboxylic acids is 2. The first-order chi connectivity index (χ1) is 8.20. The van der Waals surface area contributed by atoms with E-state index in [-0.39, 0.29) is 11.9 Å². The summed E-state index contributed by atoms with van der Waals surface area (Å²) in [5.41, 5.74) is 0. The van der Waals surface area contributed by atoms with Gasteiger partial charge in [0.25, 0.3) is 0 Å². The highest BCUT2D eigenvalue weighted by molar-refractivity contribution is 6.28. The maximum Gasteiger partial charge on any atom is 0.324 e. The van der Waals surface area contributed by atoms with Gasteiger partial charge in [0.2, 0.25) is 5.91 Å². The zero-order chi connectivity index (χ0) is 12.3. The molecule has 0 aromatic rings. The van der Waals surface area contributed by atoms with E-state index >= 15 is 0 Å². The zero-order valence-corrected chi connectivity index (χ0v) is 10.6. The maximum absolute atomic E-state index is 11.7. The van der Waals surface area contributed by atoms with E-state index in [4.69, 9.17) is 11.6 Å². The predicted molar refractivity (Wildman–Crippen MR) is 65.0 cm³/mol. The van der Waals surface area contributed by atoms with Gasteiger partial charge in [0.1, 0.15) is 5.88 Å². The number of amides is 3. The number of halogens is 1. The van der Waals surface area contributed by atoms with Crippen molar-refractivity contribution in [2.75, 3.05) is 32.1 Å². The molecule has 3 amide bonds. The number of hydrogen-bond donors (Lipinski definition) is 1. The van der Waals surface area contributed by atoms with Crippen LogP contribution in [0.4, 0.5) is 4.79 Å². The molecule has 1 unspecified atom stereocenters. The van der Waals surface area contributed by atoms with Gasteiger partial charge in [0, 0.05) is 19.1 Å². The second-order valence-electron chi connectivity index (χ2n) is 4.62. The minimum absolute atomic E-state index is 0.171. The van der Waals surface area contributed by atoms with Crippen LogP contribution >= 0.6 is 11.6 Å². The van der Waals surface area contributed by atoms with Crippen LogP contribution in [0.2, 0.25) is 0 Å². The van der Waals surface area contributed by atoms with Crippen LogP contribution in [0.5, 0.6) is 0 Å². The lowest BCUT2D eigenvalue weighted by atomic mass is 10.2. The fourth-order valence-electron chi connectivity index (χ4n) is 2.56. The van der Waals surface area contributed by atoms with E-state index in [9.17, 15) is 9.59 Å². The van der Waals surface area contributed by atoms with Crippen molar-refractivity contribution >= 4 is 23.5 Å². The van der Waals surface area contributed by atoms with E-state index in [1.165, 1.54) is 12.8 Å². The van der Waals surface area contributed by atoms with Crippen molar-refractivity contribution in [1.29, 1.82) is 0 Å². The lowest BCUT2D eigenvalue weighted by Crippen LogP contribution is -2.44. The van der Waals surface area contributed by atoms with Crippen LogP contribution in [0.25, 0.3) is 0 Å². The first-order valence-electron chi connectivity index (χ1n) is 6.09. The molecule has 0 saturated carbocycles. The van der Waals surface area contributed by atoms with E-state index in [1.807, 2.05) is 0 Å². The smallest absolute Gasteiger partial charge is 0.323 e. The second-order valence-corrected chi connectivity index (χ2v) is 4.89. The molecule has 2 rings (SSSR count). The Balaban J connectivity index is 1.80. The third kappa shape index (κ3) is 3.10. The van der Waals surface area contributed by atoms with Crippen LogP contribution in [0.3, 0.4) is 0 Å². The molecule has 0 radical (unpaired) electrons. The molecule has 0 aromatic heterocycles. The van der Waals surface area contributed by atoms with Gasteiger partial charge in [0.15, 0.2) is 0 Å². The van der Waals surface area contributed by atoms with E-state index in [1.54, 1.807) is 4.90 Å². The van der Waals surface area contributed by atoms with Gasteiger partial charge >= 0.3 is 6.03 Å². The summed E-state index contributed by atoms with van der Waals surface area (Å²) < 4.78 is 0. The van der Waals surface area contributed by atoms with Crippen molar-refractivity contribution in [3.05, 3.63) is 0 Å². The Hall–Kier alpha value is -0.810. The summed E-state index contributed by atoms with van der Waals surface area (Å²) in [5, 5.41) is 2.28. The highest BCUT2D eigenvalue weighted by atomic mass is 35.5. The monoisotopic (exact) mass is 259 g/mol. The van der Waals surface area contributed by atoms with Crippen LogP contribution in [0, 0.1) is 0 Å². The van der Waals surface area contributed by atoms with Gasteiger partial charge in [-0.05, 0) is 32.4 Å². The normalized spacial score (nSPS) is 25.2. The molecule has 2 heterocycles. The summed E-state index contributed by atoms with van der Waals surface area (Å²) >= 11 is 5.34. The average Bonchev–Trinajstić information content (AvgIpc) is 2.98. The number of nitrogens with one attached hydrogen (secondary N) is 1. The summed E-state index contributed by atoms with van der Waals surface area (Å²) in [6.45, 7) is 3.73. The van der Waals surface area contributed by atoms with Crippen molar-refractivity contribution in [3.8, 4) is 0 Å². The van der Waals surface area contributed by atoms with Crippen LogP contribution in [-0.4, -0.2) is 59.8 Å². The van der Waals surface area contributed by atoms with Crippen molar-refractivity contribution in [1.82, 2.24) is 15.1 Å². The molecule has 5 nitrogen and oxygen atoms in total. The van der Waals surface area contributed by atoms with Crippen molar-refractivity contribution < 1.29 is 9.59 Å². The first kappa shape index (κ1) is 12.6. The minimum Gasteiger partial charge on any atom is -0.323 e. The number of likely N-dealkylation sites (tertiary alicyclic amines) is 2. The molecule has 0 aromatic carbocycles. The van der Waals surface area contributed by atoms with Crippen molar-refractivity contribution in [3.63, 3.8) is 0 Å². The van der Waals surface area contributed by atoms with Gasteiger partial charge in [0.05, 0.1) is 0 Å². The van der Waals surface area contributed by atoms with E-state index in [0.29, 0.717) is 6.04 Å². The van der Waals surface area contributed by atoms with Gasteiger partial charge in [-0.15, -0.1) is 11.6 Å². The third-order valence-electron chi connectivity index (χ3n) is 3.48. The molecule has 0 bridgehead atoms. The van der Waals surface area contributed by atoms with Gasteiger partial charge in [-0.25, -0.2) is 4.79 Å². The number of nitrogens with zero attached hydrogens (tertiary/aromatic N) is 2. The van der Waals surface area contributed by atoms with Crippen LogP contribution in [0.15, 0.2) is 0 Å². The lowest BCUT2D eigenvalue weighted by molar-refractivity contribution is -0.117. The zero-order valence-electron chi connectivity index (χ0n) is 9.82. The standard InChI is InChI=1S/C11H18ClN3O2/c12-7-10(16)13-11(17)15-6-3-9(8-15)14-4-1-2-5-14/h9H,1-8H2,(H,13,16,17). The number of alkyl halides is 1. The van der Waals surface area contributed by atoms with E-state index in [2.05, 4.69) is 10.2 Å². The Bertz CT molecular complexity index is 305. The number of urea groups is 1. The molecule has 0 spiro atoms. The molecule has 17 heavy (non-hydrogen) atoms. The van der Waals surface area contributed by atoms with E-state index < -0.39 is 5.91 Å². The second kappa shape index (κ2) is 5.69. The largest absolute Gasteiger partial charge is 0.324 e. The first-order valence-corrected chi connectivity index (χ1v) is 6.63. The Morgan fingerprint density at radius 1 is 1.24 bits per heavy atom. The quantitative estimate of drug-likeness (QED) is 0.740. The van der Waals surface area contributed by atoms with Gasteiger partial charge in [-0.3, -0.25) is 15.0 Å². The van der Waals surface area contributed by atoms with Gasteiger partial charge < -0.3 is 4.90 Å². The SMILES string of the molecule is O=C(CCl)NC(=O)N1CCC(N2CCCC2)C1. The summed E-state index contributed by atoms with van der Waals surface area (Å²) in [6, 6.07) is 0.159. The fraction of sp³-hybridized carbons (Fsp3) is 0.818. The third-order valence-corrected chi connectivity index (χ3v) is 3.72. The van der Waals surface area contributed by atoms with Gasteiger partial charge in [-0.1, -0.05) is 0 Å². The molecule has 1 N–H and O–H groups in total. The highest BCUT2D eigenvalue weighted by Crippen LogP contribution is 2.20.